The normalized spacial score (nSPS) is 19.5. The highest BCUT2D eigenvalue weighted by atomic mass is 35.5. The van der Waals surface area contributed by atoms with Gasteiger partial charge in [-0.1, -0.05) is 18.2 Å². The lowest BCUT2D eigenvalue weighted by Gasteiger charge is -2.31. The third kappa shape index (κ3) is 2.29. The van der Waals surface area contributed by atoms with E-state index in [1.54, 1.807) is 4.68 Å². The largest absolute Gasteiger partial charge is 0.337 e. The van der Waals surface area contributed by atoms with Gasteiger partial charge < -0.3 is 4.90 Å². The Hall–Kier alpha value is -1.55. The summed E-state index contributed by atoms with van der Waals surface area (Å²) >= 11 is 5.94. The van der Waals surface area contributed by atoms with Crippen LogP contribution in [0.3, 0.4) is 0 Å². The molecule has 106 valence electrons. The summed E-state index contributed by atoms with van der Waals surface area (Å²) < 4.78 is 1.77. The lowest BCUT2D eigenvalue weighted by molar-refractivity contribution is 0.0680. The predicted molar refractivity (Wildman–Crippen MR) is 80.1 cm³/mol. The van der Waals surface area contributed by atoms with E-state index in [1.165, 1.54) is 0 Å². The van der Waals surface area contributed by atoms with Crippen molar-refractivity contribution < 1.29 is 4.79 Å². The van der Waals surface area contributed by atoms with Crippen molar-refractivity contribution in [2.24, 2.45) is 13.0 Å². The number of alkyl halides is 1. The Morgan fingerprint density at radius 2 is 2.25 bits per heavy atom. The molecular weight excluding hydrogens is 274 g/mol. The first kappa shape index (κ1) is 13.4. The smallest absolute Gasteiger partial charge is 0.275 e. The van der Waals surface area contributed by atoms with Crippen molar-refractivity contribution >= 4 is 28.4 Å². The van der Waals surface area contributed by atoms with Gasteiger partial charge in [0, 0.05) is 31.4 Å². The lowest BCUT2D eigenvalue weighted by atomic mass is 9.99. The van der Waals surface area contributed by atoms with Crippen LogP contribution in [0.4, 0.5) is 0 Å². The van der Waals surface area contributed by atoms with E-state index in [2.05, 4.69) is 5.10 Å². The molecule has 0 saturated carbocycles. The first-order chi connectivity index (χ1) is 9.70. The standard InChI is InChI=1S/C15H18ClN3O/c1-18-13-7-3-2-6-12(13)14(17-18)15(20)19-8-4-5-11(9-16)10-19/h2-3,6-7,11H,4-5,8-10H2,1H3. The molecule has 1 aromatic heterocycles. The highest BCUT2D eigenvalue weighted by Gasteiger charge is 2.26. The van der Waals surface area contributed by atoms with Crippen molar-refractivity contribution in [3.63, 3.8) is 0 Å². The first-order valence-electron chi connectivity index (χ1n) is 6.97. The van der Waals surface area contributed by atoms with E-state index < -0.39 is 0 Å². The number of carbonyl (C=O) groups excluding carboxylic acids is 1. The molecule has 1 unspecified atom stereocenters. The Kier molecular flexibility index (Phi) is 3.66. The summed E-state index contributed by atoms with van der Waals surface area (Å²) in [5.74, 6) is 1.05. The molecule has 1 saturated heterocycles. The maximum Gasteiger partial charge on any atom is 0.275 e. The Bertz CT molecular complexity index is 637. The van der Waals surface area contributed by atoms with Crippen molar-refractivity contribution in [2.45, 2.75) is 12.8 Å². The first-order valence-corrected chi connectivity index (χ1v) is 7.51. The predicted octanol–water partition coefficient (Wildman–Crippen LogP) is 2.66. The van der Waals surface area contributed by atoms with E-state index in [4.69, 9.17) is 11.6 Å². The zero-order chi connectivity index (χ0) is 14.1. The number of nitrogens with zero attached hydrogens (tertiary/aromatic N) is 3. The molecule has 2 aromatic rings. The quantitative estimate of drug-likeness (QED) is 0.798. The lowest BCUT2D eigenvalue weighted by Crippen LogP contribution is -2.40. The molecule has 3 rings (SSSR count). The molecular formula is C15H18ClN3O. The third-order valence-corrected chi connectivity index (χ3v) is 4.42. The Morgan fingerprint density at radius 1 is 1.45 bits per heavy atom. The van der Waals surface area contributed by atoms with Crippen molar-refractivity contribution in [2.75, 3.05) is 19.0 Å². The van der Waals surface area contributed by atoms with E-state index in [1.807, 2.05) is 36.2 Å². The number of hydrogen-bond acceptors (Lipinski definition) is 2. The Balaban J connectivity index is 1.92. The number of halogens is 1. The van der Waals surface area contributed by atoms with Gasteiger partial charge in [0.2, 0.25) is 0 Å². The maximum atomic E-state index is 12.7. The molecule has 0 aliphatic carbocycles. The maximum absolute atomic E-state index is 12.7. The summed E-state index contributed by atoms with van der Waals surface area (Å²) in [5.41, 5.74) is 1.54. The number of rotatable bonds is 2. The second kappa shape index (κ2) is 5.44. The summed E-state index contributed by atoms with van der Waals surface area (Å²) in [6, 6.07) is 7.84. The number of para-hydroxylation sites is 1. The number of aromatic nitrogens is 2. The van der Waals surface area contributed by atoms with Crippen molar-refractivity contribution in [3.05, 3.63) is 30.0 Å². The van der Waals surface area contributed by atoms with E-state index in [0.717, 1.165) is 36.8 Å². The molecule has 0 radical (unpaired) electrons. The molecule has 1 aromatic carbocycles. The van der Waals surface area contributed by atoms with E-state index >= 15 is 0 Å². The van der Waals surface area contributed by atoms with Gasteiger partial charge in [-0.05, 0) is 24.8 Å². The van der Waals surface area contributed by atoms with Gasteiger partial charge in [-0.15, -0.1) is 11.6 Å². The molecule has 0 N–H and O–H groups in total. The molecule has 1 fully saturated rings. The molecule has 1 aliphatic rings. The fraction of sp³-hybridized carbons (Fsp3) is 0.467. The van der Waals surface area contributed by atoms with Crippen LogP contribution in [0.5, 0.6) is 0 Å². The van der Waals surface area contributed by atoms with Gasteiger partial charge in [-0.3, -0.25) is 9.48 Å². The second-order valence-corrected chi connectivity index (χ2v) is 5.71. The molecule has 4 nitrogen and oxygen atoms in total. The van der Waals surface area contributed by atoms with Crippen molar-refractivity contribution in [1.29, 1.82) is 0 Å². The van der Waals surface area contributed by atoms with Crippen LogP contribution < -0.4 is 0 Å². The topological polar surface area (TPSA) is 38.1 Å². The van der Waals surface area contributed by atoms with Crippen LogP contribution in [0.2, 0.25) is 0 Å². The van der Waals surface area contributed by atoms with Gasteiger partial charge >= 0.3 is 0 Å². The number of aryl methyl sites for hydroxylation is 1. The van der Waals surface area contributed by atoms with Gasteiger partial charge in [0.25, 0.3) is 5.91 Å². The van der Waals surface area contributed by atoms with Crippen LogP contribution in [0.25, 0.3) is 10.9 Å². The SMILES string of the molecule is Cn1nc(C(=O)N2CCCC(CCl)C2)c2ccccc21. The number of carbonyl (C=O) groups is 1. The monoisotopic (exact) mass is 291 g/mol. The number of amides is 1. The average molecular weight is 292 g/mol. The second-order valence-electron chi connectivity index (χ2n) is 5.40. The van der Waals surface area contributed by atoms with Crippen LogP contribution in [0.1, 0.15) is 23.3 Å². The molecule has 1 atom stereocenters. The summed E-state index contributed by atoms with van der Waals surface area (Å²) in [5, 5.41) is 5.33. The van der Waals surface area contributed by atoms with Crippen LogP contribution in [-0.4, -0.2) is 39.6 Å². The van der Waals surface area contributed by atoms with Gasteiger partial charge in [0.15, 0.2) is 5.69 Å². The van der Waals surface area contributed by atoms with Crippen molar-refractivity contribution in [1.82, 2.24) is 14.7 Å². The average Bonchev–Trinajstić information content (AvgIpc) is 2.84. The van der Waals surface area contributed by atoms with Crippen LogP contribution >= 0.6 is 11.6 Å². The number of likely N-dealkylation sites (tertiary alicyclic amines) is 1. The van der Waals surface area contributed by atoms with E-state index in [9.17, 15) is 4.79 Å². The molecule has 2 heterocycles. The van der Waals surface area contributed by atoms with E-state index in [-0.39, 0.29) is 5.91 Å². The zero-order valence-electron chi connectivity index (χ0n) is 11.6. The number of fused-ring (bicyclic) bond motifs is 1. The zero-order valence-corrected chi connectivity index (χ0v) is 12.3. The summed E-state index contributed by atoms with van der Waals surface area (Å²) in [6.07, 6.45) is 2.13. The summed E-state index contributed by atoms with van der Waals surface area (Å²) in [4.78, 5) is 14.6. The van der Waals surface area contributed by atoms with Gasteiger partial charge in [0.05, 0.1) is 5.52 Å². The minimum absolute atomic E-state index is 0.0246. The highest BCUT2D eigenvalue weighted by Crippen LogP contribution is 2.23. The minimum atomic E-state index is 0.0246. The minimum Gasteiger partial charge on any atom is -0.337 e. The van der Waals surface area contributed by atoms with Gasteiger partial charge in [-0.25, -0.2) is 0 Å². The van der Waals surface area contributed by atoms with Gasteiger partial charge in [0.1, 0.15) is 0 Å². The summed E-state index contributed by atoms with van der Waals surface area (Å²) in [7, 11) is 1.87. The fourth-order valence-electron chi connectivity index (χ4n) is 2.90. The van der Waals surface area contributed by atoms with Crippen LogP contribution in [-0.2, 0) is 7.05 Å². The van der Waals surface area contributed by atoms with E-state index in [0.29, 0.717) is 17.5 Å². The Morgan fingerprint density at radius 3 is 3.05 bits per heavy atom. The molecule has 1 aliphatic heterocycles. The molecule has 1 amide bonds. The number of hydrogen-bond donors (Lipinski definition) is 0. The van der Waals surface area contributed by atoms with Crippen LogP contribution in [0.15, 0.2) is 24.3 Å². The molecule has 5 heteroatoms. The number of piperidine rings is 1. The number of benzene rings is 1. The Labute approximate surface area is 123 Å². The third-order valence-electron chi connectivity index (χ3n) is 3.98. The van der Waals surface area contributed by atoms with Crippen LogP contribution in [0, 0.1) is 5.92 Å². The summed E-state index contributed by atoms with van der Waals surface area (Å²) in [6.45, 7) is 1.55. The fourth-order valence-corrected chi connectivity index (χ4v) is 3.15. The molecule has 20 heavy (non-hydrogen) atoms. The van der Waals surface area contributed by atoms with Crippen molar-refractivity contribution in [3.8, 4) is 0 Å². The highest BCUT2D eigenvalue weighted by molar-refractivity contribution is 6.18. The molecule has 0 bridgehead atoms. The molecule has 0 spiro atoms. The van der Waals surface area contributed by atoms with Gasteiger partial charge in [-0.2, -0.15) is 5.10 Å².